The molecule has 2 fully saturated rings. The lowest BCUT2D eigenvalue weighted by Gasteiger charge is -2.27. The summed E-state index contributed by atoms with van der Waals surface area (Å²) >= 11 is 0. The van der Waals surface area contributed by atoms with Gasteiger partial charge in [-0.15, -0.1) is 0 Å². The number of fused-ring (bicyclic) bond motifs is 1. The van der Waals surface area contributed by atoms with Crippen LogP contribution in [0, 0.1) is 0 Å². The Morgan fingerprint density at radius 1 is 1.22 bits per heavy atom. The van der Waals surface area contributed by atoms with Crippen LogP contribution in [0.2, 0.25) is 0 Å². The van der Waals surface area contributed by atoms with Gasteiger partial charge in [0.15, 0.2) is 15.7 Å². The van der Waals surface area contributed by atoms with Crippen molar-refractivity contribution in [2.45, 2.75) is 49.8 Å². The van der Waals surface area contributed by atoms with Crippen LogP contribution < -0.4 is 0 Å². The van der Waals surface area contributed by atoms with Crippen LogP contribution >= 0.6 is 0 Å². The van der Waals surface area contributed by atoms with Gasteiger partial charge in [0, 0.05) is 18.9 Å². The highest BCUT2D eigenvalue weighted by Gasteiger charge is 2.42. The van der Waals surface area contributed by atoms with E-state index >= 15 is 0 Å². The molecule has 0 spiro atoms. The fraction of sp³-hybridized carbons (Fsp3) is 0.786. The Morgan fingerprint density at radius 3 is 2.61 bits per heavy atom. The van der Waals surface area contributed by atoms with Crippen molar-refractivity contribution >= 4 is 19.9 Å². The van der Waals surface area contributed by atoms with E-state index in [0.717, 1.165) is 24.5 Å². The van der Waals surface area contributed by atoms with Crippen LogP contribution in [0.15, 0.2) is 4.42 Å². The number of aromatic nitrogens is 1. The average molecular weight is 360 g/mol. The lowest BCUT2D eigenvalue weighted by molar-refractivity contribution is 0.314. The Balaban J connectivity index is 1.54. The van der Waals surface area contributed by atoms with Gasteiger partial charge in [-0.2, -0.15) is 4.31 Å². The van der Waals surface area contributed by atoms with Gasteiger partial charge in [0.05, 0.1) is 29.0 Å². The first-order valence-electron chi connectivity index (χ1n) is 8.03. The molecule has 1 saturated heterocycles. The molecular weight excluding hydrogens is 340 g/mol. The maximum absolute atomic E-state index is 12.7. The molecule has 128 valence electrons. The summed E-state index contributed by atoms with van der Waals surface area (Å²) in [5, 5.41) is -0.813. The summed E-state index contributed by atoms with van der Waals surface area (Å²) in [5.74, 6) is 1.61. The molecule has 1 aromatic heterocycles. The number of rotatable bonds is 3. The SMILES string of the molecule is O=S1(=O)CCC(S(=O)(=O)N2CCc3oc(C4CCC4)nc3C2)C1. The van der Waals surface area contributed by atoms with Crippen LogP contribution in [-0.4, -0.2) is 49.4 Å². The van der Waals surface area contributed by atoms with Crippen molar-refractivity contribution < 1.29 is 21.3 Å². The molecule has 7 nitrogen and oxygen atoms in total. The highest BCUT2D eigenvalue weighted by atomic mass is 32.2. The Labute approximate surface area is 136 Å². The summed E-state index contributed by atoms with van der Waals surface area (Å²) in [4.78, 5) is 4.50. The fourth-order valence-corrected chi connectivity index (χ4v) is 7.94. The zero-order valence-corrected chi connectivity index (χ0v) is 14.4. The number of sulfone groups is 1. The molecule has 0 radical (unpaired) electrons. The summed E-state index contributed by atoms with van der Waals surface area (Å²) in [6.07, 6.45) is 4.06. The van der Waals surface area contributed by atoms with Crippen LogP contribution in [0.3, 0.4) is 0 Å². The highest BCUT2D eigenvalue weighted by molar-refractivity contribution is 7.95. The topological polar surface area (TPSA) is 97.5 Å². The van der Waals surface area contributed by atoms with Crippen LogP contribution in [0.5, 0.6) is 0 Å². The van der Waals surface area contributed by atoms with Crippen molar-refractivity contribution in [3.63, 3.8) is 0 Å². The Bertz CT molecular complexity index is 823. The number of hydrogen-bond donors (Lipinski definition) is 0. The molecular formula is C14H20N2O5S2. The molecule has 3 aliphatic rings. The predicted octanol–water partition coefficient (Wildman–Crippen LogP) is 0.817. The summed E-state index contributed by atoms with van der Waals surface area (Å²) in [6, 6.07) is 0. The summed E-state index contributed by atoms with van der Waals surface area (Å²) < 4.78 is 55.7. The fourth-order valence-electron chi connectivity index (χ4n) is 3.45. The van der Waals surface area contributed by atoms with Gasteiger partial charge >= 0.3 is 0 Å². The molecule has 1 unspecified atom stereocenters. The van der Waals surface area contributed by atoms with Gasteiger partial charge in [-0.05, 0) is 19.3 Å². The highest BCUT2D eigenvalue weighted by Crippen LogP contribution is 2.37. The minimum Gasteiger partial charge on any atom is -0.445 e. The summed E-state index contributed by atoms with van der Waals surface area (Å²) in [6.45, 7) is 0.537. The molecule has 1 saturated carbocycles. The van der Waals surface area contributed by atoms with Crippen LogP contribution in [-0.2, 0) is 32.8 Å². The van der Waals surface area contributed by atoms with Gasteiger partial charge in [0.2, 0.25) is 10.0 Å². The lowest BCUT2D eigenvalue weighted by atomic mass is 9.85. The van der Waals surface area contributed by atoms with Gasteiger partial charge in [-0.3, -0.25) is 0 Å². The van der Waals surface area contributed by atoms with Crippen molar-refractivity contribution in [1.82, 2.24) is 9.29 Å². The third kappa shape index (κ3) is 2.72. The smallest absolute Gasteiger partial charge is 0.218 e. The zero-order chi connectivity index (χ0) is 16.2. The second-order valence-corrected chi connectivity index (χ2v) is 11.1. The van der Waals surface area contributed by atoms with Crippen molar-refractivity contribution in [2.24, 2.45) is 0 Å². The maximum atomic E-state index is 12.7. The molecule has 0 N–H and O–H groups in total. The van der Waals surface area contributed by atoms with Gasteiger partial charge in [-0.25, -0.2) is 21.8 Å². The molecule has 1 atom stereocenters. The monoisotopic (exact) mass is 360 g/mol. The normalized spacial score (nSPS) is 28.4. The van der Waals surface area contributed by atoms with E-state index in [2.05, 4.69) is 4.98 Å². The molecule has 1 aromatic rings. The molecule has 2 aliphatic heterocycles. The Morgan fingerprint density at radius 2 is 2.00 bits per heavy atom. The third-order valence-electron chi connectivity index (χ3n) is 5.14. The molecule has 0 aromatic carbocycles. The Hall–Kier alpha value is -0.930. The van der Waals surface area contributed by atoms with E-state index in [9.17, 15) is 16.8 Å². The van der Waals surface area contributed by atoms with Crippen molar-refractivity contribution in [3.05, 3.63) is 17.3 Å². The van der Waals surface area contributed by atoms with E-state index in [4.69, 9.17) is 4.42 Å². The van der Waals surface area contributed by atoms with E-state index in [0.29, 0.717) is 24.6 Å². The molecule has 9 heteroatoms. The van der Waals surface area contributed by atoms with E-state index in [1.807, 2.05) is 0 Å². The van der Waals surface area contributed by atoms with Crippen molar-refractivity contribution in [3.8, 4) is 0 Å². The first-order valence-corrected chi connectivity index (χ1v) is 11.4. The van der Waals surface area contributed by atoms with Crippen LogP contribution in [0.25, 0.3) is 0 Å². The lowest BCUT2D eigenvalue weighted by Crippen LogP contribution is -2.42. The van der Waals surface area contributed by atoms with Gasteiger partial charge in [-0.1, -0.05) is 6.42 Å². The maximum Gasteiger partial charge on any atom is 0.218 e. The van der Waals surface area contributed by atoms with E-state index < -0.39 is 25.1 Å². The minimum atomic E-state index is -3.61. The summed E-state index contributed by atoms with van der Waals surface area (Å²) in [7, 11) is -6.83. The molecule has 3 heterocycles. The van der Waals surface area contributed by atoms with E-state index in [1.54, 1.807) is 0 Å². The predicted molar refractivity (Wildman–Crippen MR) is 83.2 cm³/mol. The molecule has 4 rings (SSSR count). The number of sulfonamides is 1. The second kappa shape index (κ2) is 5.29. The van der Waals surface area contributed by atoms with Gasteiger partial charge in [0.25, 0.3) is 0 Å². The minimum absolute atomic E-state index is 0.0359. The molecule has 1 aliphatic carbocycles. The van der Waals surface area contributed by atoms with Crippen molar-refractivity contribution in [1.29, 1.82) is 0 Å². The molecule has 23 heavy (non-hydrogen) atoms. The largest absolute Gasteiger partial charge is 0.445 e. The second-order valence-electron chi connectivity index (χ2n) is 6.70. The van der Waals surface area contributed by atoms with Crippen LogP contribution in [0.4, 0.5) is 0 Å². The molecule has 0 bridgehead atoms. The zero-order valence-electron chi connectivity index (χ0n) is 12.8. The first kappa shape index (κ1) is 15.6. The van der Waals surface area contributed by atoms with Crippen LogP contribution in [0.1, 0.15) is 48.9 Å². The number of hydrogen-bond acceptors (Lipinski definition) is 6. The van der Waals surface area contributed by atoms with Crippen molar-refractivity contribution in [2.75, 3.05) is 18.1 Å². The standard InChI is InChI=1S/C14H20N2O5S2/c17-22(18)7-5-11(9-22)23(19,20)16-6-4-13-12(8-16)15-14(21-13)10-2-1-3-10/h10-11H,1-9H2. The molecule has 0 amide bonds. The summed E-state index contributed by atoms with van der Waals surface area (Å²) in [5.41, 5.74) is 0.697. The average Bonchev–Trinajstić information content (AvgIpc) is 2.98. The number of oxazole rings is 1. The van der Waals surface area contributed by atoms with Gasteiger partial charge in [0.1, 0.15) is 5.76 Å². The Kier molecular flexibility index (Phi) is 3.58. The van der Waals surface area contributed by atoms with E-state index in [1.165, 1.54) is 10.7 Å². The quantitative estimate of drug-likeness (QED) is 0.791. The third-order valence-corrected chi connectivity index (χ3v) is 9.39. The van der Waals surface area contributed by atoms with Gasteiger partial charge < -0.3 is 4.42 Å². The number of nitrogens with zero attached hydrogens (tertiary/aromatic N) is 2. The first-order chi connectivity index (χ1) is 10.9. The van der Waals surface area contributed by atoms with E-state index in [-0.39, 0.29) is 24.5 Å².